The van der Waals surface area contributed by atoms with Gasteiger partial charge in [0.1, 0.15) is 23.7 Å². The molecule has 6 aliphatic rings. The average molecular weight is 899 g/mol. The van der Waals surface area contributed by atoms with Crippen molar-refractivity contribution < 1.29 is 38.1 Å². The maximum atomic E-state index is 14.3. The second-order valence-electron chi connectivity index (χ2n) is 19.3. The Labute approximate surface area is 384 Å². The normalized spacial score (nSPS) is 22.9. The van der Waals surface area contributed by atoms with Crippen LogP contribution in [0.1, 0.15) is 99.1 Å². The Morgan fingerprint density at radius 1 is 0.636 bits per heavy atom. The second-order valence-corrected chi connectivity index (χ2v) is 19.3. The number of amides is 4. The molecule has 4 atom stereocenters. The first-order valence-corrected chi connectivity index (χ1v) is 23.4. The number of nitrogens with one attached hydrogen (secondary N) is 4. The highest BCUT2D eigenvalue weighted by Crippen LogP contribution is 2.59. The largest absolute Gasteiger partial charge is 0.453 e. The zero-order valence-electron chi connectivity index (χ0n) is 37.6. The summed E-state index contributed by atoms with van der Waals surface area (Å²) in [5.74, 6) is 7.83. The van der Waals surface area contributed by atoms with Crippen LogP contribution in [0.25, 0.3) is 22.5 Å². The van der Waals surface area contributed by atoms with Crippen molar-refractivity contribution in [3.63, 3.8) is 0 Å². The Morgan fingerprint density at radius 3 is 1.36 bits per heavy atom. The van der Waals surface area contributed by atoms with Crippen molar-refractivity contribution in [2.45, 2.75) is 88.4 Å². The van der Waals surface area contributed by atoms with Crippen molar-refractivity contribution in [1.29, 1.82) is 0 Å². The molecule has 4 N–H and O–H groups in total. The van der Waals surface area contributed by atoms with Gasteiger partial charge in [-0.2, -0.15) is 0 Å². The maximum absolute atomic E-state index is 14.3. The summed E-state index contributed by atoms with van der Waals surface area (Å²) >= 11 is 0. The quantitative estimate of drug-likeness (QED) is 0.132. The van der Waals surface area contributed by atoms with Crippen LogP contribution >= 0.6 is 0 Å². The highest BCUT2D eigenvalue weighted by molar-refractivity contribution is 5.87. The Morgan fingerprint density at radius 2 is 1.02 bits per heavy atom. The van der Waals surface area contributed by atoms with Crippen LogP contribution in [0.5, 0.6) is 0 Å². The molecule has 2 spiro atoms. The molecule has 4 saturated heterocycles. The Balaban J connectivity index is 0.791. The van der Waals surface area contributed by atoms with E-state index >= 15 is 0 Å². The molecule has 0 unspecified atom stereocenters. The lowest BCUT2D eigenvalue weighted by molar-refractivity contribution is -0.137. The SMILES string of the molecule is COC(=O)N[C@H](C(=O)N1CC2(CC2)C[C@H]1c1ncc(-c2ccc(C#Cc3ccc(-c4cnc([C@@H]5CC6(CC6)CN5C(=O)[C@@H](NC(=O)OC)C5CCOCC5)[nH]4)cc3)cc2)[nH]1)C1CCOCC1. The zero-order chi connectivity index (χ0) is 45.4. The van der Waals surface area contributed by atoms with E-state index in [1.807, 2.05) is 70.7 Å². The lowest BCUT2D eigenvalue weighted by Crippen LogP contribution is -2.53. The van der Waals surface area contributed by atoms with Gasteiger partial charge in [0.15, 0.2) is 0 Å². The number of likely N-dealkylation sites (tertiary alicyclic amines) is 2. The number of hydrogen-bond acceptors (Lipinski definition) is 10. The second kappa shape index (κ2) is 18.2. The number of H-pyrrole nitrogens is 2. The Hall–Kier alpha value is -6.18. The number of carbonyl (C=O) groups excluding carboxylic acids is 4. The summed E-state index contributed by atoms with van der Waals surface area (Å²) in [6.07, 6.45) is 11.2. The third-order valence-electron chi connectivity index (χ3n) is 15.0. The third-order valence-corrected chi connectivity index (χ3v) is 15.0. The van der Waals surface area contributed by atoms with E-state index in [1.165, 1.54) is 14.2 Å². The molecule has 4 aromatic rings. The van der Waals surface area contributed by atoms with Crippen molar-refractivity contribution in [3.8, 4) is 34.4 Å². The maximum Gasteiger partial charge on any atom is 0.407 e. The molecular formula is C50H58N8O8. The van der Waals surface area contributed by atoms with Crippen molar-refractivity contribution in [2.75, 3.05) is 53.7 Å². The highest BCUT2D eigenvalue weighted by Gasteiger charge is 2.57. The van der Waals surface area contributed by atoms with Gasteiger partial charge in [0.25, 0.3) is 0 Å². The fraction of sp³-hybridized carbons (Fsp3) is 0.520. The van der Waals surface area contributed by atoms with Crippen LogP contribution in [0.2, 0.25) is 0 Å². The molecule has 2 saturated carbocycles. The predicted octanol–water partition coefficient (Wildman–Crippen LogP) is 6.28. The molecule has 10 rings (SSSR count). The molecule has 2 aromatic heterocycles. The van der Waals surface area contributed by atoms with E-state index in [0.29, 0.717) is 65.2 Å². The number of benzene rings is 2. The molecule has 2 aromatic carbocycles. The number of aromatic amines is 2. The molecule has 66 heavy (non-hydrogen) atoms. The van der Waals surface area contributed by atoms with Gasteiger partial charge in [0.2, 0.25) is 11.8 Å². The summed E-state index contributed by atoms with van der Waals surface area (Å²) in [7, 11) is 2.64. The number of carbonyl (C=O) groups is 4. The van der Waals surface area contributed by atoms with Crippen molar-refractivity contribution in [3.05, 3.63) is 83.7 Å². The number of nitrogens with zero attached hydrogens (tertiary/aromatic N) is 4. The van der Waals surface area contributed by atoms with E-state index < -0.39 is 24.3 Å². The lowest BCUT2D eigenvalue weighted by Gasteiger charge is -2.34. The number of rotatable bonds is 10. The molecule has 4 amide bonds. The zero-order valence-corrected chi connectivity index (χ0v) is 37.6. The molecule has 16 heteroatoms. The molecule has 0 radical (unpaired) electrons. The number of methoxy groups -OCH3 is 2. The summed E-state index contributed by atoms with van der Waals surface area (Å²) in [6, 6.07) is 14.2. The van der Waals surface area contributed by atoms with E-state index in [-0.39, 0.29) is 46.6 Å². The van der Waals surface area contributed by atoms with E-state index in [0.717, 1.165) is 83.8 Å². The van der Waals surface area contributed by atoms with E-state index in [9.17, 15) is 19.2 Å². The van der Waals surface area contributed by atoms with Gasteiger partial charge in [-0.05, 0) is 122 Å². The number of ether oxygens (including phenoxy) is 4. The first-order valence-electron chi connectivity index (χ1n) is 23.4. The molecule has 16 nitrogen and oxygen atoms in total. The summed E-state index contributed by atoms with van der Waals surface area (Å²) < 4.78 is 21.0. The number of hydrogen-bond donors (Lipinski definition) is 4. The Kier molecular flexibility index (Phi) is 12.1. The van der Waals surface area contributed by atoms with E-state index in [4.69, 9.17) is 28.9 Å². The van der Waals surface area contributed by atoms with Crippen LogP contribution < -0.4 is 10.6 Å². The minimum absolute atomic E-state index is 0.0305. The number of alkyl carbamates (subject to hydrolysis) is 2. The summed E-state index contributed by atoms with van der Waals surface area (Å²) in [4.78, 5) is 73.8. The number of aromatic nitrogens is 4. The van der Waals surface area contributed by atoms with Crippen molar-refractivity contribution in [1.82, 2.24) is 40.4 Å². The van der Waals surface area contributed by atoms with Crippen molar-refractivity contribution >= 4 is 24.0 Å². The molecule has 4 aliphatic heterocycles. The van der Waals surface area contributed by atoms with Gasteiger partial charge in [-0.15, -0.1) is 0 Å². The van der Waals surface area contributed by atoms with Gasteiger partial charge < -0.3 is 49.3 Å². The number of imidazole rings is 2. The summed E-state index contributed by atoms with van der Waals surface area (Å²) in [5, 5.41) is 5.71. The molecule has 6 heterocycles. The standard InChI is InChI=1S/C50H58N8O8/c1-63-47(61)55-41(35-13-21-65-22-14-35)45(59)57-29-49(17-18-49)25-39(57)43-51-27-37(53-43)33-9-5-31(6-10-33)3-4-32-7-11-34(12-8-32)38-28-52-44(54-38)40-26-50(19-20-50)30-58(40)46(60)42(56-48(62)64-2)36-15-23-66-24-16-36/h5-12,27-28,35-36,39-42H,13-26,29-30H2,1-2H3,(H,51,53)(H,52,54)(H,55,61)(H,56,62)/t39-,40-,41-,42-/m0/s1. The molecule has 0 bridgehead atoms. The lowest BCUT2D eigenvalue weighted by atomic mass is 9.90. The topological polar surface area (TPSA) is 193 Å². The van der Waals surface area contributed by atoms with E-state index in [1.54, 1.807) is 0 Å². The van der Waals surface area contributed by atoms with Gasteiger partial charge in [-0.3, -0.25) is 9.59 Å². The average Bonchev–Trinajstić information content (AvgIpc) is 3.93. The molecule has 2 aliphatic carbocycles. The third kappa shape index (κ3) is 9.15. The fourth-order valence-electron chi connectivity index (χ4n) is 10.6. The van der Waals surface area contributed by atoms with E-state index in [2.05, 4.69) is 32.4 Å². The minimum atomic E-state index is -0.687. The minimum Gasteiger partial charge on any atom is -0.453 e. The molecule has 6 fully saturated rings. The van der Waals surface area contributed by atoms with Crippen LogP contribution in [0.3, 0.4) is 0 Å². The summed E-state index contributed by atoms with van der Waals surface area (Å²) in [5.41, 5.74) is 5.57. The molecule has 346 valence electrons. The van der Waals surface area contributed by atoms with Crippen LogP contribution in [0, 0.1) is 34.5 Å². The van der Waals surface area contributed by atoms with Gasteiger partial charge in [-0.1, -0.05) is 36.1 Å². The monoisotopic (exact) mass is 898 g/mol. The first kappa shape index (κ1) is 43.7. The molecular weight excluding hydrogens is 841 g/mol. The van der Waals surface area contributed by atoms with Crippen LogP contribution in [-0.2, 0) is 28.5 Å². The first-order chi connectivity index (χ1) is 32.1. The predicted molar refractivity (Wildman–Crippen MR) is 241 cm³/mol. The van der Waals surface area contributed by atoms with Crippen LogP contribution in [0.4, 0.5) is 9.59 Å². The smallest absolute Gasteiger partial charge is 0.407 e. The van der Waals surface area contributed by atoms with Crippen LogP contribution in [0.15, 0.2) is 60.9 Å². The summed E-state index contributed by atoms with van der Waals surface area (Å²) in [6.45, 7) is 3.54. The van der Waals surface area contributed by atoms with Crippen LogP contribution in [-0.4, -0.2) is 120 Å². The van der Waals surface area contributed by atoms with Gasteiger partial charge in [0.05, 0.1) is 50.1 Å². The van der Waals surface area contributed by atoms with Gasteiger partial charge in [0, 0.05) is 50.6 Å². The fourth-order valence-corrected chi connectivity index (χ4v) is 10.6. The van der Waals surface area contributed by atoms with Crippen molar-refractivity contribution in [2.24, 2.45) is 22.7 Å². The highest BCUT2D eigenvalue weighted by atomic mass is 16.5. The van der Waals surface area contributed by atoms with Gasteiger partial charge >= 0.3 is 12.2 Å². The van der Waals surface area contributed by atoms with Gasteiger partial charge in [-0.25, -0.2) is 19.6 Å². The Bertz CT molecular complexity index is 2320.